The number of rotatable bonds is 10. The molecule has 0 spiro atoms. The second-order valence-electron chi connectivity index (χ2n) is 9.35. The molecule has 11 heteroatoms. The van der Waals surface area contributed by atoms with Gasteiger partial charge in [0.1, 0.15) is 46.9 Å². The van der Waals surface area contributed by atoms with E-state index in [2.05, 4.69) is 20.0 Å². The molecule has 4 rings (SSSR count). The molecule has 1 atom stereocenters. The van der Waals surface area contributed by atoms with Gasteiger partial charge in [0.25, 0.3) is 0 Å². The maximum atomic E-state index is 13.3. The molecule has 0 aliphatic heterocycles. The fraction of sp³-hybridized carbons (Fsp3) is 0.259. The lowest BCUT2D eigenvalue weighted by atomic mass is 10.1. The molecule has 198 valence electrons. The van der Waals surface area contributed by atoms with Crippen LogP contribution in [0.1, 0.15) is 43.7 Å². The normalized spacial score (nSPS) is 12.2. The van der Waals surface area contributed by atoms with E-state index in [9.17, 15) is 13.7 Å². The number of hydrogen-bond acceptors (Lipinski definition) is 8. The van der Waals surface area contributed by atoms with Gasteiger partial charge in [0.05, 0.1) is 34.4 Å². The molecule has 38 heavy (non-hydrogen) atoms. The first kappa shape index (κ1) is 27.1. The van der Waals surface area contributed by atoms with Crippen LogP contribution in [-0.4, -0.2) is 36.3 Å². The molecule has 1 unspecified atom stereocenters. The van der Waals surface area contributed by atoms with E-state index in [4.69, 9.17) is 9.84 Å². The molecule has 0 saturated carbocycles. The predicted molar refractivity (Wildman–Crippen MR) is 146 cm³/mol. The number of aromatic nitrogens is 4. The summed E-state index contributed by atoms with van der Waals surface area (Å²) in [6.45, 7) is 7.81. The van der Waals surface area contributed by atoms with E-state index in [1.54, 1.807) is 42.1 Å². The number of nitrogens with zero attached hydrogens (tertiary/aromatic N) is 4. The summed E-state index contributed by atoms with van der Waals surface area (Å²) in [6.07, 6.45) is 3.54. The number of hydrogen-bond donors (Lipinski definition) is 2. The van der Waals surface area contributed by atoms with Crippen LogP contribution in [-0.2, 0) is 23.5 Å². The zero-order valence-corrected chi connectivity index (χ0v) is 22.4. The van der Waals surface area contributed by atoms with Gasteiger partial charge in [0, 0.05) is 11.8 Å². The number of carbonyl (C=O) groups excluding carboxylic acids is 1. The van der Waals surface area contributed by atoms with Crippen molar-refractivity contribution in [1.82, 2.24) is 19.7 Å². The minimum atomic E-state index is -1.32. The van der Waals surface area contributed by atoms with Gasteiger partial charge in [0.15, 0.2) is 6.29 Å². The molecule has 3 heterocycles. The van der Waals surface area contributed by atoms with Crippen LogP contribution in [0.15, 0.2) is 60.9 Å². The Balaban J connectivity index is 1.77. The zero-order chi connectivity index (χ0) is 27.3. The van der Waals surface area contributed by atoms with Crippen molar-refractivity contribution < 1.29 is 18.5 Å². The van der Waals surface area contributed by atoms with Crippen LogP contribution >= 0.6 is 0 Å². The van der Waals surface area contributed by atoms with Crippen molar-refractivity contribution in [1.29, 1.82) is 0 Å². The first-order valence-electron chi connectivity index (χ1n) is 12.0. The lowest BCUT2D eigenvalue weighted by Crippen LogP contribution is -2.24. The summed E-state index contributed by atoms with van der Waals surface area (Å²) < 4.78 is 36.2. The maximum Gasteiger partial charge on any atom is 0.156 e. The van der Waals surface area contributed by atoms with Crippen LogP contribution in [0.5, 0.6) is 5.75 Å². The van der Waals surface area contributed by atoms with E-state index in [1.807, 2.05) is 32.9 Å². The number of anilines is 3. The number of carbonyl (C=O) groups is 1. The Hall–Kier alpha value is -3.96. The SMILES string of the molecule is CC[S+]([O-])Nc1ccc(-c2nn(C(C)(C)C)c(Nc3ccccn3)c2C=O)cc1OCc1ccc(F)cn1. The summed E-state index contributed by atoms with van der Waals surface area (Å²) in [5.74, 6) is 1.42. The zero-order valence-electron chi connectivity index (χ0n) is 21.6. The standard InChI is InChI=1S/C27H29FN6O3S/c1-5-38(36)33-22-12-9-18(14-23(22)37-17-20-11-10-19(28)15-30-20)25-21(16-35)26(34(32-25)27(2,3)4)31-24-8-6-7-13-29-24/h6-16,33H,5,17H2,1-4H3,(H,29,31). The molecule has 0 bridgehead atoms. The second-order valence-corrected chi connectivity index (χ2v) is 10.8. The summed E-state index contributed by atoms with van der Waals surface area (Å²) >= 11 is -1.32. The molecular formula is C27H29FN6O3S. The fourth-order valence-corrected chi connectivity index (χ4v) is 4.19. The van der Waals surface area contributed by atoms with Crippen LogP contribution in [0.4, 0.5) is 21.7 Å². The second kappa shape index (κ2) is 11.6. The molecule has 9 nitrogen and oxygen atoms in total. The minimum absolute atomic E-state index is 0.0562. The summed E-state index contributed by atoms with van der Waals surface area (Å²) in [6, 6.07) is 13.5. The minimum Gasteiger partial charge on any atom is -0.593 e. The van der Waals surface area contributed by atoms with Crippen LogP contribution in [0.25, 0.3) is 11.3 Å². The molecule has 0 radical (unpaired) electrons. The Kier molecular flexibility index (Phi) is 8.28. The van der Waals surface area contributed by atoms with Crippen LogP contribution in [0, 0.1) is 5.82 Å². The highest BCUT2D eigenvalue weighted by Crippen LogP contribution is 2.37. The number of benzene rings is 1. The number of aldehydes is 1. The van der Waals surface area contributed by atoms with Gasteiger partial charge in [0.2, 0.25) is 0 Å². The van der Waals surface area contributed by atoms with Crippen LogP contribution in [0.3, 0.4) is 0 Å². The highest BCUT2D eigenvalue weighted by molar-refractivity contribution is 7.92. The first-order valence-corrected chi connectivity index (χ1v) is 13.3. The maximum absolute atomic E-state index is 13.3. The topological polar surface area (TPSA) is 117 Å². The largest absolute Gasteiger partial charge is 0.593 e. The van der Waals surface area contributed by atoms with E-state index >= 15 is 0 Å². The van der Waals surface area contributed by atoms with Gasteiger partial charge in [-0.25, -0.2) is 18.8 Å². The van der Waals surface area contributed by atoms with Crippen molar-refractivity contribution in [3.8, 4) is 17.0 Å². The highest BCUT2D eigenvalue weighted by Gasteiger charge is 2.27. The van der Waals surface area contributed by atoms with E-state index in [0.717, 1.165) is 12.5 Å². The molecule has 4 aromatic rings. The average Bonchev–Trinajstić information content (AvgIpc) is 3.28. The smallest absolute Gasteiger partial charge is 0.156 e. The summed E-state index contributed by atoms with van der Waals surface area (Å²) in [7, 11) is 0. The lowest BCUT2D eigenvalue weighted by molar-refractivity contribution is 0.112. The summed E-state index contributed by atoms with van der Waals surface area (Å²) in [4.78, 5) is 20.7. The van der Waals surface area contributed by atoms with Gasteiger partial charge in [-0.3, -0.25) is 9.78 Å². The Morgan fingerprint density at radius 3 is 2.61 bits per heavy atom. The van der Waals surface area contributed by atoms with E-state index < -0.39 is 22.7 Å². The Labute approximate surface area is 223 Å². The monoisotopic (exact) mass is 536 g/mol. The Morgan fingerprint density at radius 2 is 1.97 bits per heavy atom. The van der Waals surface area contributed by atoms with Gasteiger partial charge in [-0.1, -0.05) is 12.1 Å². The van der Waals surface area contributed by atoms with Crippen molar-refractivity contribution >= 4 is 35.0 Å². The van der Waals surface area contributed by atoms with Crippen molar-refractivity contribution in [2.45, 2.75) is 39.8 Å². The third kappa shape index (κ3) is 6.29. The summed E-state index contributed by atoms with van der Waals surface area (Å²) in [5.41, 5.74) is 1.99. The van der Waals surface area contributed by atoms with E-state index in [1.165, 1.54) is 12.1 Å². The number of ether oxygens (including phenoxy) is 1. The van der Waals surface area contributed by atoms with E-state index in [0.29, 0.717) is 51.3 Å². The fourth-order valence-electron chi connectivity index (χ4n) is 3.63. The predicted octanol–water partition coefficient (Wildman–Crippen LogP) is 5.46. The average molecular weight is 537 g/mol. The van der Waals surface area contributed by atoms with Crippen molar-refractivity contribution in [3.63, 3.8) is 0 Å². The molecule has 3 aromatic heterocycles. The first-order chi connectivity index (χ1) is 18.2. The third-order valence-corrected chi connectivity index (χ3v) is 6.46. The molecule has 0 fully saturated rings. The number of halogens is 1. The molecular weight excluding hydrogens is 507 g/mol. The van der Waals surface area contributed by atoms with Gasteiger partial charge in [-0.05, 0) is 64.1 Å². The van der Waals surface area contributed by atoms with Gasteiger partial charge in [-0.15, -0.1) is 0 Å². The molecule has 0 aliphatic rings. The molecule has 1 aromatic carbocycles. The van der Waals surface area contributed by atoms with Crippen molar-refractivity contribution in [3.05, 3.63) is 78.0 Å². The Bertz CT molecular complexity index is 1390. The molecule has 0 amide bonds. The third-order valence-electron chi connectivity index (χ3n) is 5.49. The highest BCUT2D eigenvalue weighted by atomic mass is 32.2. The number of nitrogens with one attached hydrogen (secondary N) is 2. The molecule has 2 N–H and O–H groups in total. The van der Waals surface area contributed by atoms with Gasteiger partial charge in [-0.2, -0.15) is 5.10 Å². The van der Waals surface area contributed by atoms with E-state index in [-0.39, 0.29) is 6.61 Å². The van der Waals surface area contributed by atoms with Gasteiger partial charge < -0.3 is 14.6 Å². The molecule has 0 saturated heterocycles. The van der Waals surface area contributed by atoms with Crippen molar-refractivity contribution in [2.24, 2.45) is 0 Å². The number of pyridine rings is 2. The van der Waals surface area contributed by atoms with Gasteiger partial charge >= 0.3 is 0 Å². The quantitative estimate of drug-likeness (QED) is 0.203. The van der Waals surface area contributed by atoms with Crippen molar-refractivity contribution in [2.75, 3.05) is 15.8 Å². The van der Waals surface area contributed by atoms with Crippen LogP contribution in [0.2, 0.25) is 0 Å². The summed E-state index contributed by atoms with van der Waals surface area (Å²) in [5, 5.41) is 8.03. The lowest BCUT2D eigenvalue weighted by Gasteiger charge is -2.22. The Morgan fingerprint density at radius 1 is 1.16 bits per heavy atom. The molecule has 0 aliphatic carbocycles. The van der Waals surface area contributed by atoms with Crippen LogP contribution < -0.4 is 14.8 Å².